The van der Waals surface area contributed by atoms with E-state index >= 15 is 0 Å². The Morgan fingerprint density at radius 3 is 2.05 bits per heavy atom. The Labute approximate surface area is 236 Å². The first-order valence-electron chi connectivity index (χ1n) is 13.4. The van der Waals surface area contributed by atoms with E-state index in [0.29, 0.717) is 25.3 Å². The summed E-state index contributed by atoms with van der Waals surface area (Å²) in [6.07, 6.45) is 1.01. The predicted octanol–water partition coefficient (Wildman–Crippen LogP) is 4.91. The maximum absolute atomic E-state index is 14.3. The van der Waals surface area contributed by atoms with Gasteiger partial charge >= 0.3 is 10.1 Å². The molecule has 4 rings (SSSR count). The number of amides is 1. The summed E-state index contributed by atoms with van der Waals surface area (Å²) >= 11 is 0. The minimum Gasteiger partial charge on any atom is -0.508 e. The lowest BCUT2D eigenvalue weighted by Gasteiger charge is -2.25. The van der Waals surface area contributed by atoms with E-state index in [0.717, 1.165) is 40.4 Å². The highest BCUT2D eigenvalue weighted by molar-refractivity contribution is 7.86. The van der Waals surface area contributed by atoms with Gasteiger partial charge in [0.25, 0.3) is 5.91 Å². The van der Waals surface area contributed by atoms with E-state index in [1.54, 1.807) is 24.3 Å². The number of fused-ring (bicyclic) bond motifs is 1. The van der Waals surface area contributed by atoms with Crippen molar-refractivity contribution in [2.45, 2.75) is 26.3 Å². The second-order valence-electron chi connectivity index (χ2n) is 10.1. The zero-order valence-electron chi connectivity index (χ0n) is 23.7. The van der Waals surface area contributed by atoms with Crippen molar-refractivity contribution in [3.05, 3.63) is 95.2 Å². The first kappa shape index (κ1) is 29.2. The molecule has 0 aliphatic rings. The van der Waals surface area contributed by atoms with Gasteiger partial charge in [-0.2, -0.15) is 8.42 Å². The van der Waals surface area contributed by atoms with E-state index in [-0.39, 0.29) is 23.3 Å². The number of carbonyl (C=O) groups is 1. The minimum absolute atomic E-state index is 0.0456. The zero-order valence-corrected chi connectivity index (χ0v) is 24.5. The average Bonchev–Trinajstić information content (AvgIpc) is 3.23. The minimum atomic E-state index is -3.68. The van der Waals surface area contributed by atoms with Crippen LogP contribution < -0.4 is 4.18 Å². The van der Waals surface area contributed by atoms with E-state index in [1.807, 2.05) is 81.4 Å². The quantitative estimate of drug-likeness (QED) is 0.261. The second-order valence-corrected chi connectivity index (χ2v) is 11.7. The molecule has 4 aromatic rings. The molecule has 1 atom stereocenters. The number of rotatable bonds is 11. The van der Waals surface area contributed by atoms with Crippen molar-refractivity contribution in [1.82, 2.24) is 14.4 Å². The van der Waals surface area contributed by atoms with Crippen molar-refractivity contribution < 1.29 is 22.5 Å². The zero-order chi connectivity index (χ0) is 29.0. The molecule has 0 spiro atoms. The van der Waals surface area contributed by atoms with Crippen LogP contribution in [0.1, 0.15) is 46.9 Å². The predicted molar refractivity (Wildman–Crippen MR) is 159 cm³/mol. The number of nitrogens with zero attached hydrogens (tertiary/aromatic N) is 3. The standard InChI is InChI=1S/C31H37N3O5S/c1-6-33(7-2)31(36)30-29(26-10-8-9-11-27(26)34(30)21-20-32(3)4)28(22-12-16-24(35)17-13-22)23-14-18-25(19-15-23)39-40(5,37)38/h8-19,28,35H,6-7,20-21H2,1-5H3. The molecule has 1 unspecified atom stereocenters. The number of aromatic hydroxyl groups is 1. The number of likely N-dealkylation sites (N-methyl/N-ethyl adjacent to an activating group) is 1. The van der Waals surface area contributed by atoms with E-state index in [4.69, 9.17) is 4.18 Å². The molecule has 1 N–H and O–H groups in total. The molecule has 1 aromatic heterocycles. The number of benzene rings is 3. The van der Waals surface area contributed by atoms with Crippen LogP contribution in [0.4, 0.5) is 0 Å². The van der Waals surface area contributed by atoms with Crippen LogP contribution in [-0.4, -0.2) is 73.8 Å². The Morgan fingerprint density at radius 2 is 1.50 bits per heavy atom. The van der Waals surface area contributed by atoms with Gasteiger partial charge in [0.05, 0.1) is 6.26 Å². The molecule has 8 nitrogen and oxygen atoms in total. The highest BCUT2D eigenvalue weighted by Gasteiger charge is 2.32. The number of para-hydroxylation sites is 1. The lowest BCUT2D eigenvalue weighted by molar-refractivity contribution is 0.0760. The molecule has 0 fully saturated rings. The number of hydrogen-bond acceptors (Lipinski definition) is 6. The Hall–Kier alpha value is -3.82. The molecule has 40 heavy (non-hydrogen) atoms. The van der Waals surface area contributed by atoms with Crippen molar-refractivity contribution >= 4 is 26.9 Å². The monoisotopic (exact) mass is 563 g/mol. The Balaban J connectivity index is 2.04. The average molecular weight is 564 g/mol. The first-order valence-corrected chi connectivity index (χ1v) is 15.2. The van der Waals surface area contributed by atoms with E-state index in [1.165, 1.54) is 0 Å². The fourth-order valence-electron chi connectivity index (χ4n) is 5.13. The highest BCUT2D eigenvalue weighted by Crippen LogP contribution is 2.41. The topological polar surface area (TPSA) is 92.1 Å². The van der Waals surface area contributed by atoms with Gasteiger partial charge in [-0.3, -0.25) is 4.79 Å². The lowest BCUT2D eigenvalue weighted by Crippen LogP contribution is -2.34. The maximum atomic E-state index is 14.3. The van der Waals surface area contributed by atoms with Crippen molar-refractivity contribution in [2.24, 2.45) is 0 Å². The molecule has 0 bridgehead atoms. The Kier molecular flexibility index (Phi) is 8.85. The summed E-state index contributed by atoms with van der Waals surface area (Å²) in [5.41, 5.74) is 4.21. The molecule has 0 aliphatic carbocycles. The van der Waals surface area contributed by atoms with Crippen LogP contribution in [0, 0.1) is 0 Å². The molecule has 0 radical (unpaired) electrons. The van der Waals surface area contributed by atoms with Crippen LogP contribution in [0.5, 0.6) is 11.5 Å². The SMILES string of the molecule is CCN(CC)C(=O)c1c(C(c2ccc(O)cc2)c2ccc(OS(C)(=O)=O)cc2)c2ccccc2n1CCN(C)C. The van der Waals surface area contributed by atoms with E-state index < -0.39 is 10.1 Å². The second kappa shape index (κ2) is 12.1. The third-order valence-electron chi connectivity index (χ3n) is 7.01. The van der Waals surface area contributed by atoms with Crippen molar-refractivity contribution in [1.29, 1.82) is 0 Å². The lowest BCUT2D eigenvalue weighted by atomic mass is 9.83. The third-order valence-corrected chi connectivity index (χ3v) is 7.51. The van der Waals surface area contributed by atoms with Gasteiger partial charge in [-0.1, -0.05) is 42.5 Å². The highest BCUT2D eigenvalue weighted by atomic mass is 32.2. The number of hydrogen-bond donors (Lipinski definition) is 1. The third kappa shape index (κ3) is 6.32. The van der Waals surface area contributed by atoms with Crippen LogP contribution in [-0.2, 0) is 16.7 Å². The Morgan fingerprint density at radius 1 is 0.925 bits per heavy atom. The summed E-state index contributed by atoms with van der Waals surface area (Å²) in [7, 11) is 0.347. The fourth-order valence-corrected chi connectivity index (χ4v) is 5.59. The molecule has 0 saturated carbocycles. The fraction of sp³-hybridized carbons (Fsp3) is 0.323. The Bertz CT molecular complexity index is 1570. The van der Waals surface area contributed by atoms with E-state index in [2.05, 4.69) is 9.47 Å². The first-order chi connectivity index (χ1) is 19.0. The smallest absolute Gasteiger partial charge is 0.306 e. The molecular weight excluding hydrogens is 526 g/mol. The van der Waals surface area contributed by atoms with Crippen LogP contribution in [0.2, 0.25) is 0 Å². The molecule has 1 amide bonds. The molecule has 0 saturated heterocycles. The summed E-state index contributed by atoms with van der Waals surface area (Å²) in [6, 6.07) is 22.0. The normalized spacial score (nSPS) is 12.6. The van der Waals surface area contributed by atoms with Gasteiger partial charge in [-0.15, -0.1) is 0 Å². The summed E-state index contributed by atoms with van der Waals surface area (Å²) < 4.78 is 30.6. The number of aromatic nitrogens is 1. The van der Waals surface area contributed by atoms with Crippen LogP contribution in [0.15, 0.2) is 72.8 Å². The molecule has 1 heterocycles. The van der Waals surface area contributed by atoms with Gasteiger partial charge in [0.1, 0.15) is 17.2 Å². The summed E-state index contributed by atoms with van der Waals surface area (Å²) in [6.45, 7) is 6.48. The largest absolute Gasteiger partial charge is 0.508 e. The number of carbonyl (C=O) groups excluding carboxylic acids is 1. The molecule has 212 valence electrons. The van der Waals surface area contributed by atoms with Crippen molar-refractivity contribution in [3.8, 4) is 11.5 Å². The van der Waals surface area contributed by atoms with Crippen LogP contribution >= 0.6 is 0 Å². The van der Waals surface area contributed by atoms with Gasteiger partial charge in [0.15, 0.2) is 0 Å². The molecule has 3 aromatic carbocycles. The van der Waals surface area contributed by atoms with Crippen LogP contribution in [0.25, 0.3) is 10.9 Å². The molecule has 9 heteroatoms. The summed E-state index contributed by atoms with van der Waals surface area (Å²) in [5.74, 6) is -0.0699. The maximum Gasteiger partial charge on any atom is 0.306 e. The van der Waals surface area contributed by atoms with Gasteiger partial charge in [0, 0.05) is 48.6 Å². The van der Waals surface area contributed by atoms with Crippen LogP contribution in [0.3, 0.4) is 0 Å². The van der Waals surface area contributed by atoms with Gasteiger partial charge in [-0.25, -0.2) is 0 Å². The summed E-state index contributed by atoms with van der Waals surface area (Å²) in [4.78, 5) is 18.2. The molecular formula is C31H37N3O5S. The number of phenols is 1. The van der Waals surface area contributed by atoms with Crippen molar-refractivity contribution in [3.63, 3.8) is 0 Å². The van der Waals surface area contributed by atoms with Gasteiger partial charge in [-0.05, 0) is 69.4 Å². The van der Waals surface area contributed by atoms with E-state index in [9.17, 15) is 18.3 Å². The van der Waals surface area contributed by atoms with Gasteiger partial charge in [0.2, 0.25) is 0 Å². The van der Waals surface area contributed by atoms with Gasteiger partial charge < -0.3 is 23.7 Å². The number of phenolic OH excluding ortho intramolecular Hbond substituents is 1. The van der Waals surface area contributed by atoms with Crippen molar-refractivity contribution in [2.75, 3.05) is 40.0 Å². The summed E-state index contributed by atoms with van der Waals surface area (Å²) in [5, 5.41) is 11.0. The molecule has 0 aliphatic heterocycles.